The van der Waals surface area contributed by atoms with E-state index in [1.807, 2.05) is 0 Å². The molecule has 0 unspecified atom stereocenters. The van der Waals surface area contributed by atoms with Crippen molar-refractivity contribution in [2.24, 2.45) is 0 Å². The molecule has 0 amide bonds. The first-order valence-electron chi connectivity index (χ1n) is 3.90. The number of rotatable bonds is 0. The Morgan fingerprint density at radius 3 is 1.36 bits per heavy atom. The Bertz CT molecular complexity index is 172. The second-order valence-corrected chi connectivity index (χ2v) is 12.8. The predicted octanol–water partition coefficient (Wildman–Crippen LogP) is 3.71. The van der Waals surface area contributed by atoms with Gasteiger partial charge in [-0.05, 0) is 36.6 Å². The van der Waals surface area contributed by atoms with Crippen LogP contribution in [0.15, 0.2) is 11.6 Å². The van der Waals surface area contributed by atoms with E-state index in [-0.39, 0.29) is 0 Å². The van der Waals surface area contributed by atoms with Crippen molar-refractivity contribution < 1.29 is 0 Å². The third-order valence-corrected chi connectivity index (χ3v) is 2.42. The Kier molecular flexibility index (Phi) is 6.46. The van der Waals surface area contributed by atoms with Crippen molar-refractivity contribution >= 4 is 28.0 Å². The van der Waals surface area contributed by atoms with Gasteiger partial charge in [-0.25, -0.2) is 0 Å². The number of hydrogen-bond acceptors (Lipinski definition) is 0. The van der Waals surface area contributed by atoms with Gasteiger partial charge >= 0.3 is 34.6 Å². The van der Waals surface area contributed by atoms with Crippen LogP contribution in [0.2, 0.25) is 14.8 Å². The fourth-order valence-electron chi connectivity index (χ4n) is 0.519. The molecule has 0 aromatic carbocycles. The van der Waals surface area contributed by atoms with Gasteiger partial charge in [-0.1, -0.05) is 0 Å². The monoisotopic (exact) mass is 277 g/mol. The van der Waals surface area contributed by atoms with Gasteiger partial charge in [-0.3, -0.25) is 0 Å². The van der Waals surface area contributed by atoms with Crippen LogP contribution in [-0.2, 0) is 0 Å². The quantitative estimate of drug-likeness (QED) is 0.634. The Hall–Kier alpha value is 0.579. The summed E-state index contributed by atoms with van der Waals surface area (Å²) < 4.78 is 0. The normalized spacial score (nSPS) is 9.27. The molecule has 0 N–H and O–H groups in total. The van der Waals surface area contributed by atoms with Crippen LogP contribution in [-0.4, -0.2) is 19.8 Å². The van der Waals surface area contributed by atoms with Crippen LogP contribution >= 0.6 is 8.19 Å². The first kappa shape index (κ1) is 11.6. The van der Waals surface area contributed by atoms with Crippen LogP contribution in [0.3, 0.4) is 0 Å². The molecular weight excluding hydrogens is 258 g/mol. The molecule has 1 heterocycles. The maximum absolute atomic E-state index is 2.36. The topological polar surface area (TPSA) is 0 Å². The summed E-state index contributed by atoms with van der Waals surface area (Å²) in [6, 6.07) is 0. The Balaban J connectivity index is 0.000000218. The summed E-state index contributed by atoms with van der Waals surface area (Å²) in [6.45, 7) is 4.32. The van der Waals surface area contributed by atoms with Crippen molar-refractivity contribution in [3.8, 4) is 0 Å². The molecule has 0 aliphatic carbocycles. The van der Waals surface area contributed by atoms with E-state index < -0.39 is 19.8 Å². The summed E-state index contributed by atoms with van der Waals surface area (Å²) in [7, 11) is 0.945. The molecule has 1 radical (unpaired) electrons. The van der Waals surface area contributed by atoms with Crippen molar-refractivity contribution in [1.29, 1.82) is 0 Å². The number of aryl methyl sites for hydroxylation is 2. The van der Waals surface area contributed by atoms with Gasteiger partial charge in [0.15, 0.2) is 0 Å². The Labute approximate surface area is 79.2 Å². The molecule has 0 fully saturated rings. The van der Waals surface area contributed by atoms with Gasteiger partial charge in [-0.2, -0.15) is 0 Å². The van der Waals surface area contributed by atoms with Crippen molar-refractivity contribution in [3.63, 3.8) is 0 Å². The molecule has 1 aromatic heterocycles. The van der Waals surface area contributed by atoms with E-state index in [2.05, 4.69) is 40.3 Å². The third kappa shape index (κ3) is 6.96. The van der Waals surface area contributed by atoms with E-state index in [0.717, 1.165) is 8.19 Å². The van der Waals surface area contributed by atoms with Gasteiger partial charge in [0.2, 0.25) is 0 Å². The standard InChI is InChI=1S/C6H9P.3CH3.Sn/c1-5-3-7-4-6(5)2;;;;/h3-4,7H,1-2H3;3*1H3;. The fourth-order valence-corrected chi connectivity index (χ4v) is 1.56. The molecule has 0 nitrogen and oxygen atoms in total. The van der Waals surface area contributed by atoms with Gasteiger partial charge in [0.25, 0.3) is 0 Å². The van der Waals surface area contributed by atoms with Crippen LogP contribution in [0.25, 0.3) is 0 Å². The molecule has 0 saturated heterocycles. The van der Waals surface area contributed by atoms with Crippen molar-refractivity contribution in [2.75, 3.05) is 0 Å². The van der Waals surface area contributed by atoms with Crippen LogP contribution < -0.4 is 0 Å². The average molecular weight is 276 g/mol. The third-order valence-electron chi connectivity index (χ3n) is 1.22. The minimum absolute atomic E-state index is 0.543. The van der Waals surface area contributed by atoms with Crippen LogP contribution in [0.1, 0.15) is 11.1 Å². The van der Waals surface area contributed by atoms with Crippen molar-refractivity contribution in [2.45, 2.75) is 28.7 Å². The van der Waals surface area contributed by atoms with Crippen molar-refractivity contribution in [3.05, 3.63) is 22.7 Å². The molecule has 1 rings (SSSR count). The molecule has 0 atom stereocenters. The van der Waals surface area contributed by atoms with Crippen LogP contribution in [0, 0.1) is 13.8 Å². The maximum atomic E-state index is 2.36. The summed E-state index contributed by atoms with van der Waals surface area (Å²) in [4.78, 5) is 7.09. The second-order valence-electron chi connectivity index (χ2n) is 3.32. The molecule has 0 aliphatic heterocycles. The van der Waals surface area contributed by atoms with Gasteiger partial charge in [0, 0.05) is 0 Å². The zero-order chi connectivity index (χ0) is 8.85. The molecule has 0 aliphatic rings. The van der Waals surface area contributed by atoms with E-state index in [0.29, 0.717) is 0 Å². The van der Waals surface area contributed by atoms with Gasteiger partial charge in [0.05, 0.1) is 0 Å². The molecule has 0 spiro atoms. The Morgan fingerprint density at radius 2 is 1.27 bits per heavy atom. The van der Waals surface area contributed by atoms with Crippen LogP contribution in [0.5, 0.6) is 0 Å². The fraction of sp³-hybridized carbons (Fsp3) is 0.556. The average Bonchev–Trinajstić information content (AvgIpc) is 2.15. The van der Waals surface area contributed by atoms with E-state index in [1.165, 1.54) is 11.1 Å². The summed E-state index contributed by atoms with van der Waals surface area (Å²) in [5.74, 6) is 4.55. The second kappa shape index (κ2) is 6.13. The molecule has 1 aromatic rings. The van der Waals surface area contributed by atoms with E-state index in [4.69, 9.17) is 0 Å². The number of hydrogen-bond donors (Lipinski definition) is 0. The molecule has 0 saturated carbocycles. The van der Waals surface area contributed by atoms with E-state index >= 15 is 0 Å². The summed E-state index contributed by atoms with van der Waals surface area (Å²) >= 11 is -0.543. The first-order chi connectivity index (χ1) is 5.04. The van der Waals surface area contributed by atoms with Crippen molar-refractivity contribution in [1.82, 2.24) is 0 Å². The van der Waals surface area contributed by atoms with Gasteiger partial charge in [-0.15, -0.1) is 8.19 Å². The predicted molar refractivity (Wildman–Crippen MR) is 58.8 cm³/mol. The SMILES string of the molecule is Cc1c[pH]cc1C.[CH3][Sn]([CH3])[CH3]. The Morgan fingerprint density at radius 1 is 1.00 bits per heavy atom. The van der Waals surface area contributed by atoms with Gasteiger partial charge < -0.3 is 0 Å². The van der Waals surface area contributed by atoms with Gasteiger partial charge in [0.1, 0.15) is 0 Å². The van der Waals surface area contributed by atoms with E-state index in [1.54, 1.807) is 0 Å². The zero-order valence-electron chi connectivity index (χ0n) is 8.15. The zero-order valence-corrected chi connectivity index (χ0v) is 12.0. The summed E-state index contributed by atoms with van der Waals surface area (Å²) in [5.41, 5.74) is 2.91. The first-order valence-corrected chi connectivity index (χ1v) is 13.6. The molecule has 2 heteroatoms. The minimum atomic E-state index is -0.543. The summed E-state index contributed by atoms with van der Waals surface area (Å²) in [5, 5.41) is 0. The molecule has 63 valence electrons. The summed E-state index contributed by atoms with van der Waals surface area (Å²) in [6.07, 6.45) is 0. The van der Waals surface area contributed by atoms with Crippen LogP contribution in [0.4, 0.5) is 0 Å². The molecule has 0 bridgehead atoms. The molecular formula is C9H18PSn. The molecule has 11 heavy (non-hydrogen) atoms. The van der Waals surface area contributed by atoms with E-state index in [9.17, 15) is 0 Å².